The summed E-state index contributed by atoms with van der Waals surface area (Å²) >= 11 is 5.91. The molecule has 0 aromatic heterocycles. The molecule has 0 spiro atoms. The molecule has 0 radical (unpaired) electrons. The van der Waals surface area contributed by atoms with E-state index in [1.54, 1.807) is 13.1 Å². The number of ether oxygens (including phenoxy) is 2. The molecule has 33 heavy (non-hydrogen) atoms. The van der Waals surface area contributed by atoms with Crippen molar-refractivity contribution in [1.29, 1.82) is 0 Å². The van der Waals surface area contributed by atoms with Crippen LogP contribution in [0.5, 0.6) is 11.5 Å². The number of benzene rings is 4. The van der Waals surface area contributed by atoms with E-state index in [0.717, 1.165) is 21.9 Å². The quantitative estimate of drug-likeness (QED) is 0.260. The van der Waals surface area contributed by atoms with Gasteiger partial charge in [0.25, 0.3) is 5.91 Å². The van der Waals surface area contributed by atoms with Gasteiger partial charge in [-0.15, -0.1) is 0 Å². The van der Waals surface area contributed by atoms with E-state index in [-0.39, 0.29) is 5.91 Å². The molecule has 0 fully saturated rings. The average molecular weight is 459 g/mol. The zero-order chi connectivity index (χ0) is 23.0. The highest BCUT2D eigenvalue weighted by Gasteiger charge is 2.14. The summed E-state index contributed by atoms with van der Waals surface area (Å²) in [5.41, 5.74) is 4.34. The molecule has 1 amide bonds. The van der Waals surface area contributed by atoms with E-state index < -0.39 is 6.10 Å². The smallest absolute Gasteiger partial charge is 0.280 e. The van der Waals surface area contributed by atoms with Crippen LogP contribution in [-0.4, -0.2) is 18.2 Å². The van der Waals surface area contributed by atoms with Gasteiger partial charge in [-0.1, -0.05) is 66.2 Å². The van der Waals surface area contributed by atoms with Gasteiger partial charge in [0.05, 0.1) is 6.21 Å². The number of carbonyl (C=O) groups excluding carboxylic acids is 1. The van der Waals surface area contributed by atoms with E-state index in [1.165, 1.54) is 0 Å². The maximum atomic E-state index is 12.4. The highest BCUT2D eigenvalue weighted by molar-refractivity contribution is 6.30. The Kier molecular flexibility index (Phi) is 7.22. The van der Waals surface area contributed by atoms with Gasteiger partial charge in [-0.05, 0) is 65.2 Å². The van der Waals surface area contributed by atoms with Gasteiger partial charge < -0.3 is 9.47 Å². The molecule has 1 unspecified atom stereocenters. The first-order valence-corrected chi connectivity index (χ1v) is 10.9. The van der Waals surface area contributed by atoms with Crippen LogP contribution in [0, 0.1) is 0 Å². The number of hydrogen-bond acceptors (Lipinski definition) is 4. The molecule has 5 nitrogen and oxygen atoms in total. The number of halogens is 1. The molecule has 6 heteroatoms. The summed E-state index contributed by atoms with van der Waals surface area (Å²) in [5, 5.41) is 6.91. The minimum absolute atomic E-state index is 0.338. The summed E-state index contributed by atoms with van der Waals surface area (Å²) in [6, 6.07) is 28.7. The van der Waals surface area contributed by atoms with Gasteiger partial charge in [0.1, 0.15) is 18.1 Å². The first-order chi connectivity index (χ1) is 16.1. The third kappa shape index (κ3) is 6.34. The topological polar surface area (TPSA) is 59.9 Å². The summed E-state index contributed by atoms with van der Waals surface area (Å²) in [6.45, 7) is 2.11. The Bertz CT molecular complexity index is 1270. The van der Waals surface area contributed by atoms with Gasteiger partial charge in [0.15, 0.2) is 6.10 Å². The Balaban J connectivity index is 1.29. The minimum atomic E-state index is -0.697. The molecule has 1 N–H and O–H groups in total. The van der Waals surface area contributed by atoms with Crippen molar-refractivity contribution in [2.24, 2.45) is 5.10 Å². The Morgan fingerprint density at radius 1 is 0.939 bits per heavy atom. The summed E-state index contributed by atoms with van der Waals surface area (Å²) < 4.78 is 11.6. The van der Waals surface area contributed by atoms with Crippen molar-refractivity contribution in [3.05, 3.63) is 107 Å². The van der Waals surface area contributed by atoms with Gasteiger partial charge >= 0.3 is 0 Å². The number of amides is 1. The van der Waals surface area contributed by atoms with Crippen molar-refractivity contribution in [1.82, 2.24) is 5.43 Å². The summed E-state index contributed by atoms with van der Waals surface area (Å²) in [5.74, 6) is 0.994. The van der Waals surface area contributed by atoms with Crippen LogP contribution in [0.4, 0.5) is 0 Å². The number of hydrogen-bond donors (Lipinski definition) is 1. The monoisotopic (exact) mass is 458 g/mol. The highest BCUT2D eigenvalue weighted by Crippen LogP contribution is 2.21. The number of nitrogens with zero attached hydrogens (tertiary/aromatic N) is 1. The molecule has 0 heterocycles. The van der Waals surface area contributed by atoms with Gasteiger partial charge in [-0.3, -0.25) is 4.79 Å². The standard InChI is InChI=1S/C27H23ClN2O3/c1-19(33-26-14-11-22-6-2-3-7-23(22)16-26)27(31)30-29-17-21-5-4-8-25(15-21)32-18-20-9-12-24(28)13-10-20/h2-17,19H,18H2,1H3,(H,30,31)/b29-17+. The Morgan fingerprint density at radius 3 is 2.55 bits per heavy atom. The van der Waals surface area contributed by atoms with E-state index in [4.69, 9.17) is 21.1 Å². The van der Waals surface area contributed by atoms with Crippen LogP contribution >= 0.6 is 11.6 Å². The summed E-state index contributed by atoms with van der Waals surface area (Å²) in [7, 11) is 0. The van der Waals surface area contributed by atoms with E-state index >= 15 is 0 Å². The van der Waals surface area contributed by atoms with Gasteiger partial charge in [0.2, 0.25) is 0 Å². The molecule has 0 aliphatic heterocycles. The largest absolute Gasteiger partial charge is 0.489 e. The van der Waals surface area contributed by atoms with E-state index in [2.05, 4.69) is 10.5 Å². The number of hydrazone groups is 1. The molecule has 0 bridgehead atoms. The lowest BCUT2D eigenvalue weighted by molar-refractivity contribution is -0.127. The molecule has 166 valence electrons. The first kappa shape index (κ1) is 22.4. The second-order valence-electron chi connectivity index (χ2n) is 7.49. The van der Waals surface area contributed by atoms with Crippen LogP contribution in [-0.2, 0) is 11.4 Å². The Labute approximate surface area is 197 Å². The predicted molar refractivity (Wildman–Crippen MR) is 132 cm³/mol. The molecule has 0 aliphatic rings. The van der Waals surface area contributed by atoms with Gasteiger partial charge in [-0.25, -0.2) is 5.43 Å². The lowest BCUT2D eigenvalue weighted by Crippen LogP contribution is -2.33. The Morgan fingerprint density at radius 2 is 1.73 bits per heavy atom. The number of rotatable bonds is 8. The van der Waals surface area contributed by atoms with Crippen LogP contribution in [0.1, 0.15) is 18.1 Å². The first-order valence-electron chi connectivity index (χ1n) is 10.5. The van der Waals surface area contributed by atoms with Gasteiger partial charge in [-0.2, -0.15) is 5.10 Å². The molecule has 0 saturated carbocycles. The normalized spacial score (nSPS) is 11.9. The molecule has 1 atom stereocenters. The maximum absolute atomic E-state index is 12.4. The summed E-state index contributed by atoms with van der Waals surface area (Å²) in [6.07, 6.45) is 0.868. The lowest BCUT2D eigenvalue weighted by Gasteiger charge is -2.13. The van der Waals surface area contributed by atoms with Gasteiger partial charge in [0, 0.05) is 5.02 Å². The second kappa shape index (κ2) is 10.7. The van der Waals surface area contributed by atoms with Crippen molar-refractivity contribution in [2.45, 2.75) is 19.6 Å². The van der Waals surface area contributed by atoms with E-state index in [1.807, 2.05) is 91.0 Å². The zero-order valence-corrected chi connectivity index (χ0v) is 18.8. The van der Waals surface area contributed by atoms with Crippen molar-refractivity contribution in [3.63, 3.8) is 0 Å². The maximum Gasteiger partial charge on any atom is 0.280 e. The number of fused-ring (bicyclic) bond motifs is 1. The van der Waals surface area contributed by atoms with E-state index in [0.29, 0.717) is 23.1 Å². The number of carbonyl (C=O) groups is 1. The Hall–Kier alpha value is -3.83. The van der Waals surface area contributed by atoms with Crippen molar-refractivity contribution in [2.75, 3.05) is 0 Å². The molecule has 0 aliphatic carbocycles. The van der Waals surface area contributed by atoms with Crippen molar-refractivity contribution < 1.29 is 14.3 Å². The molecule has 4 rings (SSSR count). The molecule has 4 aromatic carbocycles. The molecular weight excluding hydrogens is 436 g/mol. The third-order valence-corrected chi connectivity index (χ3v) is 5.22. The van der Waals surface area contributed by atoms with Crippen LogP contribution in [0.3, 0.4) is 0 Å². The summed E-state index contributed by atoms with van der Waals surface area (Å²) in [4.78, 5) is 12.4. The zero-order valence-electron chi connectivity index (χ0n) is 18.1. The molecular formula is C27H23ClN2O3. The fourth-order valence-electron chi connectivity index (χ4n) is 3.19. The van der Waals surface area contributed by atoms with E-state index in [9.17, 15) is 4.79 Å². The van der Waals surface area contributed by atoms with Crippen LogP contribution in [0.2, 0.25) is 5.02 Å². The molecule has 4 aromatic rings. The minimum Gasteiger partial charge on any atom is -0.489 e. The highest BCUT2D eigenvalue weighted by atomic mass is 35.5. The van der Waals surface area contributed by atoms with Crippen molar-refractivity contribution in [3.8, 4) is 11.5 Å². The SMILES string of the molecule is CC(Oc1ccc2ccccc2c1)C(=O)N/N=C/c1cccc(OCc2ccc(Cl)cc2)c1. The fourth-order valence-corrected chi connectivity index (χ4v) is 3.32. The fraction of sp³-hybridized carbons (Fsp3) is 0.111. The average Bonchev–Trinajstić information content (AvgIpc) is 2.84. The van der Waals surface area contributed by atoms with Crippen LogP contribution in [0.15, 0.2) is 96.1 Å². The van der Waals surface area contributed by atoms with Crippen molar-refractivity contribution >= 4 is 34.5 Å². The predicted octanol–water partition coefficient (Wildman–Crippen LogP) is 5.99. The molecule has 0 saturated heterocycles. The van der Waals surface area contributed by atoms with Crippen LogP contribution < -0.4 is 14.9 Å². The van der Waals surface area contributed by atoms with Crippen LogP contribution in [0.25, 0.3) is 10.8 Å². The second-order valence-corrected chi connectivity index (χ2v) is 7.93. The third-order valence-electron chi connectivity index (χ3n) is 4.97. The lowest BCUT2D eigenvalue weighted by atomic mass is 10.1. The number of nitrogens with one attached hydrogen (secondary N) is 1.